The van der Waals surface area contributed by atoms with Crippen molar-refractivity contribution in [1.29, 1.82) is 0 Å². The van der Waals surface area contributed by atoms with Gasteiger partial charge in [0, 0.05) is 5.39 Å². The number of hydrogen-bond donors (Lipinski definition) is 0. The number of halogens is 1. The van der Waals surface area contributed by atoms with E-state index in [1.165, 1.54) is 0 Å². The Labute approximate surface area is 116 Å². The lowest BCUT2D eigenvalue weighted by molar-refractivity contribution is 1.36. The van der Waals surface area contributed by atoms with Crippen LogP contribution in [0, 0.1) is 0 Å². The minimum atomic E-state index is 0.400. The average Bonchev–Trinajstić information content (AvgIpc) is 2.48. The van der Waals surface area contributed by atoms with Crippen LogP contribution in [0.1, 0.15) is 5.69 Å². The van der Waals surface area contributed by atoms with Gasteiger partial charge in [0.15, 0.2) is 5.17 Å². The van der Waals surface area contributed by atoms with Gasteiger partial charge in [0.25, 0.3) is 0 Å². The molecule has 0 N–H and O–H groups in total. The second-order valence-electron chi connectivity index (χ2n) is 4.13. The molecule has 0 radical (unpaired) electrons. The van der Waals surface area contributed by atoms with Crippen molar-refractivity contribution in [3.8, 4) is 0 Å². The van der Waals surface area contributed by atoms with Crippen molar-refractivity contribution < 1.29 is 0 Å². The van der Waals surface area contributed by atoms with Crippen molar-refractivity contribution in [2.24, 2.45) is 4.99 Å². The quantitative estimate of drug-likeness (QED) is 0.625. The summed E-state index contributed by atoms with van der Waals surface area (Å²) in [6.07, 6.45) is 0. The van der Waals surface area contributed by atoms with Gasteiger partial charge < -0.3 is 0 Å². The van der Waals surface area contributed by atoms with Gasteiger partial charge in [-0.1, -0.05) is 54.1 Å². The Morgan fingerprint density at radius 1 is 0.842 bits per heavy atom. The summed E-state index contributed by atoms with van der Waals surface area (Å²) in [4.78, 5) is 8.86. The summed E-state index contributed by atoms with van der Waals surface area (Å²) < 4.78 is 0. The van der Waals surface area contributed by atoms with Gasteiger partial charge >= 0.3 is 0 Å². The zero-order chi connectivity index (χ0) is 13.1. The third kappa shape index (κ3) is 2.64. The molecule has 19 heavy (non-hydrogen) atoms. The van der Waals surface area contributed by atoms with Crippen LogP contribution in [0.2, 0.25) is 0 Å². The SMILES string of the molecule is ClC(=Nc1ccccc1)c1ccc2ccccc2n1. The normalized spacial score (nSPS) is 11.7. The van der Waals surface area contributed by atoms with Crippen LogP contribution in [0.25, 0.3) is 10.9 Å². The number of para-hydroxylation sites is 2. The standard InChI is InChI=1S/C16H11ClN2/c17-16(18-13-7-2-1-3-8-13)15-11-10-12-6-4-5-9-14(12)19-15/h1-11H. The molecule has 0 unspecified atom stereocenters. The van der Waals surface area contributed by atoms with E-state index in [-0.39, 0.29) is 0 Å². The number of aromatic nitrogens is 1. The van der Waals surface area contributed by atoms with Gasteiger partial charge in [-0.3, -0.25) is 0 Å². The van der Waals surface area contributed by atoms with Crippen molar-refractivity contribution >= 4 is 33.4 Å². The molecular formula is C16H11ClN2. The summed E-state index contributed by atoms with van der Waals surface area (Å²) in [6, 6.07) is 21.4. The molecule has 2 aromatic carbocycles. The molecule has 3 heteroatoms. The zero-order valence-corrected chi connectivity index (χ0v) is 10.9. The molecule has 3 aromatic rings. The van der Waals surface area contributed by atoms with Crippen LogP contribution in [-0.4, -0.2) is 10.2 Å². The van der Waals surface area contributed by atoms with Gasteiger partial charge in [0.1, 0.15) is 5.69 Å². The molecule has 0 atom stereocenters. The lowest BCUT2D eigenvalue weighted by Gasteiger charge is -2.01. The topological polar surface area (TPSA) is 25.2 Å². The smallest absolute Gasteiger partial charge is 0.155 e. The Morgan fingerprint density at radius 2 is 1.58 bits per heavy atom. The van der Waals surface area contributed by atoms with Gasteiger partial charge in [-0.05, 0) is 24.3 Å². The largest absolute Gasteiger partial charge is 0.245 e. The van der Waals surface area contributed by atoms with Crippen molar-refractivity contribution in [2.45, 2.75) is 0 Å². The second kappa shape index (κ2) is 5.21. The first kappa shape index (κ1) is 11.9. The third-order valence-corrected chi connectivity index (χ3v) is 3.07. The first-order valence-electron chi connectivity index (χ1n) is 5.98. The molecule has 2 nitrogen and oxygen atoms in total. The predicted octanol–water partition coefficient (Wildman–Crippen LogP) is 4.55. The molecule has 0 saturated carbocycles. The molecule has 0 spiro atoms. The fourth-order valence-corrected chi connectivity index (χ4v) is 2.06. The van der Waals surface area contributed by atoms with Crippen LogP contribution >= 0.6 is 11.6 Å². The van der Waals surface area contributed by atoms with Crippen LogP contribution in [-0.2, 0) is 0 Å². The van der Waals surface area contributed by atoms with Crippen LogP contribution in [0.15, 0.2) is 71.7 Å². The minimum absolute atomic E-state index is 0.400. The van der Waals surface area contributed by atoms with Crippen LogP contribution in [0.5, 0.6) is 0 Å². The highest BCUT2D eigenvalue weighted by atomic mass is 35.5. The molecule has 0 amide bonds. The van der Waals surface area contributed by atoms with E-state index in [0.717, 1.165) is 16.6 Å². The number of pyridine rings is 1. The van der Waals surface area contributed by atoms with E-state index >= 15 is 0 Å². The maximum absolute atomic E-state index is 6.23. The molecule has 3 rings (SSSR count). The summed E-state index contributed by atoms with van der Waals surface area (Å²) in [7, 11) is 0. The van der Waals surface area contributed by atoms with Crippen LogP contribution in [0.3, 0.4) is 0 Å². The van der Waals surface area contributed by atoms with Gasteiger partial charge in [-0.25, -0.2) is 9.98 Å². The Morgan fingerprint density at radius 3 is 2.42 bits per heavy atom. The fourth-order valence-electron chi connectivity index (χ4n) is 1.85. The van der Waals surface area contributed by atoms with E-state index in [1.54, 1.807) is 0 Å². The number of aliphatic imine (C=N–C) groups is 1. The van der Waals surface area contributed by atoms with E-state index in [2.05, 4.69) is 9.98 Å². The van der Waals surface area contributed by atoms with Crippen molar-refractivity contribution in [1.82, 2.24) is 4.98 Å². The number of rotatable bonds is 2. The van der Waals surface area contributed by atoms with Gasteiger partial charge in [0.05, 0.1) is 11.2 Å². The number of hydrogen-bond acceptors (Lipinski definition) is 2. The lowest BCUT2D eigenvalue weighted by Crippen LogP contribution is -1.95. The summed E-state index contributed by atoms with van der Waals surface area (Å²) in [6.45, 7) is 0. The van der Waals surface area contributed by atoms with E-state index in [0.29, 0.717) is 10.9 Å². The molecule has 0 bridgehead atoms. The fraction of sp³-hybridized carbons (Fsp3) is 0. The van der Waals surface area contributed by atoms with E-state index < -0.39 is 0 Å². The summed E-state index contributed by atoms with van der Waals surface area (Å²) in [5.74, 6) is 0. The molecule has 92 valence electrons. The monoisotopic (exact) mass is 266 g/mol. The first-order chi connectivity index (χ1) is 9.33. The minimum Gasteiger partial charge on any atom is -0.245 e. The number of benzene rings is 2. The summed E-state index contributed by atoms with van der Waals surface area (Å²) in [5.41, 5.74) is 2.42. The van der Waals surface area contributed by atoms with Gasteiger partial charge in [-0.2, -0.15) is 0 Å². The van der Waals surface area contributed by atoms with Crippen LogP contribution in [0.4, 0.5) is 5.69 Å². The Kier molecular flexibility index (Phi) is 3.25. The number of fused-ring (bicyclic) bond motifs is 1. The molecule has 0 aliphatic carbocycles. The molecule has 0 aliphatic rings. The maximum atomic E-state index is 6.23. The molecule has 0 saturated heterocycles. The Bertz CT molecular complexity index is 736. The van der Waals surface area contributed by atoms with E-state index in [4.69, 9.17) is 11.6 Å². The van der Waals surface area contributed by atoms with E-state index in [1.807, 2.05) is 66.7 Å². The average molecular weight is 267 g/mol. The second-order valence-corrected chi connectivity index (χ2v) is 4.49. The van der Waals surface area contributed by atoms with E-state index in [9.17, 15) is 0 Å². The van der Waals surface area contributed by atoms with Crippen molar-refractivity contribution in [3.63, 3.8) is 0 Å². The first-order valence-corrected chi connectivity index (χ1v) is 6.36. The van der Waals surface area contributed by atoms with Crippen molar-refractivity contribution in [2.75, 3.05) is 0 Å². The highest BCUT2D eigenvalue weighted by molar-refractivity contribution is 6.69. The Balaban J connectivity index is 2.02. The van der Waals surface area contributed by atoms with Gasteiger partial charge in [0.2, 0.25) is 0 Å². The molecular weight excluding hydrogens is 256 g/mol. The summed E-state index contributed by atoms with van der Waals surface area (Å²) in [5, 5.41) is 1.49. The van der Waals surface area contributed by atoms with Crippen LogP contribution < -0.4 is 0 Å². The molecule has 1 heterocycles. The Hall–Kier alpha value is -2.19. The molecule has 0 fully saturated rings. The third-order valence-electron chi connectivity index (χ3n) is 2.79. The van der Waals surface area contributed by atoms with Gasteiger partial charge in [-0.15, -0.1) is 0 Å². The predicted molar refractivity (Wildman–Crippen MR) is 80.2 cm³/mol. The number of nitrogens with zero attached hydrogens (tertiary/aromatic N) is 2. The zero-order valence-electron chi connectivity index (χ0n) is 10.1. The lowest BCUT2D eigenvalue weighted by atomic mass is 10.2. The van der Waals surface area contributed by atoms with Crippen molar-refractivity contribution in [3.05, 3.63) is 72.4 Å². The molecule has 0 aliphatic heterocycles. The molecule has 1 aromatic heterocycles. The summed E-state index contributed by atoms with van der Waals surface area (Å²) >= 11 is 6.23. The maximum Gasteiger partial charge on any atom is 0.155 e. The highest BCUT2D eigenvalue weighted by Gasteiger charge is 2.03. The highest BCUT2D eigenvalue weighted by Crippen LogP contribution is 2.17.